The van der Waals surface area contributed by atoms with Gasteiger partial charge in [0.15, 0.2) is 0 Å². The molecule has 0 radical (unpaired) electrons. The number of unbranched alkanes of at least 4 members (excludes halogenated alkanes) is 8. The van der Waals surface area contributed by atoms with Gasteiger partial charge in [0, 0.05) is 0 Å². The highest BCUT2D eigenvalue weighted by Crippen LogP contribution is 2.28. The Hall–Kier alpha value is 0. The van der Waals surface area contributed by atoms with E-state index in [2.05, 4.69) is 27.7 Å². The molecule has 0 aliphatic rings. The first-order valence-electron chi connectivity index (χ1n) is 10.8. The van der Waals surface area contributed by atoms with Crippen molar-refractivity contribution in [3.8, 4) is 0 Å². The van der Waals surface area contributed by atoms with Gasteiger partial charge >= 0.3 is 0 Å². The van der Waals surface area contributed by atoms with Crippen molar-refractivity contribution in [3.63, 3.8) is 0 Å². The van der Waals surface area contributed by atoms with Gasteiger partial charge in [0.2, 0.25) is 0 Å². The zero-order chi connectivity index (χ0) is 16.5. The van der Waals surface area contributed by atoms with Gasteiger partial charge in [-0.1, -0.05) is 124 Å². The maximum atomic E-state index is 2.42. The van der Waals surface area contributed by atoms with Gasteiger partial charge < -0.3 is 0 Å². The van der Waals surface area contributed by atoms with E-state index in [0.717, 1.165) is 11.8 Å². The molecule has 0 N–H and O–H groups in total. The van der Waals surface area contributed by atoms with Gasteiger partial charge in [0.1, 0.15) is 0 Å². The maximum Gasteiger partial charge on any atom is -0.0412 e. The number of rotatable bonds is 17. The van der Waals surface area contributed by atoms with E-state index in [9.17, 15) is 0 Å². The molecule has 0 fully saturated rings. The molecule has 0 spiro atoms. The van der Waals surface area contributed by atoms with Crippen LogP contribution < -0.4 is 0 Å². The van der Waals surface area contributed by atoms with Crippen molar-refractivity contribution in [2.24, 2.45) is 11.8 Å². The van der Waals surface area contributed by atoms with Crippen molar-refractivity contribution in [3.05, 3.63) is 0 Å². The first-order valence-corrected chi connectivity index (χ1v) is 10.8. The van der Waals surface area contributed by atoms with Crippen LogP contribution >= 0.6 is 0 Å². The third-order valence-corrected chi connectivity index (χ3v) is 5.37. The molecule has 0 aromatic carbocycles. The van der Waals surface area contributed by atoms with E-state index >= 15 is 0 Å². The van der Waals surface area contributed by atoms with Crippen molar-refractivity contribution < 1.29 is 0 Å². The summed E-state index contributed by atoms with van der Waals surface area (Å²) in [4.78, 5) is 0. The fourth-order valence-electron chi connectivity index (χ4n) is 3.82. The Morgan fingerprint density at radius 1 is 0.455 bits per heavy atom. The molecule has 0 aliphatic heterocycles. The molecular weight excluding hydrogens is 264 g/mol. The number of hydrogen-bond acceptors (Lipinski definition) is 0. The molecule has 0 rings (SSSR count). The molecule has 0 nitrogen and oxygen atoms in total. The first-order chi connectivity index (χ1) is 10.8. The Morgan fingerprint density at radius 2 is 0.955 bits per heavy atom. The normalized spacial score (nSPS) is 14.2. The third-order valence-electron chi connectivity index (χ3n) is 5.37. The van der Waals surface area contributed by atoms with Gasteiger partial charge in [0.05, 0.1) is 0 Å². The Labute approximate surface area is 142 Å². The smallest absolute Gasteiger partial charge is 0.0412 e. The minimum absolute atomic E-state index is 1.01. The lowest BCUT2D eigenvalue weighted by Crippen LogP contribution is -2.09. The van der Waals surface area contributed by atoms with E-state index in [-0.39, 0.29) is 0 Å². The molecule has 2 unspecified atom stereocenters. The van der Waals surface area contributed by atoms with E-state index in [1.807, 2.05) is 0 Å². The Bertz CT molecular complexity index is 196. The summed E-state index contributed by atoms with van der Waals surface area (Å²) in [7, 11) is 0. The van der Waals surface area contributed by atoms with Gasteiger partial charge in [-0.2, -0.15) is 0 Å². The topological polar surface area (TPSA) is 0 Å². The molecule has 134 valence electrons. The summed E-state index contributed by atoms with van der Waals surface area (Å²) in [5.41, 5.74) is 0. The predicted octanol–water partition coefficient (Wildman–Crippen LogP) is 8.54. The van der Waals surface area contributed by atoms with E-state index in [0.29, 0.717) is 0 Å². The second-order valence-corrected chi connectivity index (χ2v) is 7.57. The summed E-state index contributed by atoms with van der Waals surface area (Å²) in [6.07, 6.45) is 23.2. The molecule has 0 heteroatoms. The maximum absolute atomic E-state index is 2.42. The van der Waals surface area contributed by atoms with Crippen LogP contribution in [0, 0.1) is 11.8 Å². The molecule has 22 heavy (non-hydrogen) atoms. The monoisotopic (exact) mass is 310 g/mol. The average molecular weight is 311 g/mol. The van der Waals surface area contributed by atoms with Crippen molar-refractivity contribution in [1.82, 2.24) is 0 Å². The first kappa shape index (κ1) is 22.0. The van der Waals surface area contributed by atoms with Gasteiger partial charge in [-0.15, -0.1) is 0 Å². The third kappa shape index (κ3) is 13.6. The van der Waals surface area contributed by atoms with Crippen LogP contribution in [0.2, 0.25) is 0 Å². The fourth-order valence-corrected chi connectivity index (χ4v) is 3.82. The van der Waals surface area contributed by atoms with Gasteiger partial charge in [-0.3, -0.25) is 0 Å². The summed E-state index contributed by atoms with van der Waals surface area (Å²) >= 11 is 0. The second kappa shape index (κ2) is 17.4. The lowest BCUT2D eigenvalue weighted by molar-refractivity contribution is 0.299. The summed E-state index contributed by atoms with van der Waals surface area (Å²) in [5.74, 6) is 2.03. The van der Waals surface area contributed by atoms with Crippen LogP contribution in [0.4, 0.5) is 0 Å². The zero-order valence-electron chi connectivity index (χ0n) is 16.5. The Balaban J connectivity index is 3.87. The highest BCUT2D eigenvalue weighted by molar-refractivity contribution is 4.67. The number of hydrogen-bond donors (Lipinski definition) is 0. The summed E-state index contributed by atoms with van der Waals surface area (Å²) in [6.45, 7) is 9.41. The van der Waals surface area contributed by atoms with Crippen molar-refractivity contribution in [2.45, 2.75) is 130 Å². The SMILES string of the molecule is CCCCCCCC(CC)CC(CCC)CCCCCCC. The lowest BCUT2D eigenvalue weighted by atomic mass is 9.83. The van der Waals surface area contributed by atoms with E-state index in [1.165, 1.54) is 103 Å². The summed E-state index contributed by atoms with van der Waals surface area (Å²) < 4.78 is 0. The van der Waals surface area contributed by atoms with Crippen LogP contribution in [0.15, 0.2) is 0 Å². The molecule has 0 saturated carbocycles. The fraction of sp³-hybridized carbons (Fsp3) is 1.00. The molecule has 0 bridgehead atoms. The molecule has 2 atom stereocenters. The molecule has 0 heterocycles. The molecule has 0 aromatic heterocycles. The summed E-state index contributed by atoms with van der Waals surface area (Å²) in [5, 5.41) is 0. The van der Waals surface area contributed by atoms with Crippen molar-refractivity contribution in [1.29, 1.82) is 0 Å². The Kier molecular flexibility index (Phi) is 17.4. The highest BCUT2D eigenvalue weighted by atomic mass is 14.2. The quantitative estimate of drug-likeness (QED) is 0.236. The Morgan fingerprint density at radius 3 is 1.41 bits per heavy atom. The molecular formula is C22H46. The van der Waals surface area contributed by atoms with E-state index < -0.39 is 0 Å². The molecule has 0 aromatic rings. The van der Waals surface area contributed by atoms with E-state index in [4.69, 9.17) is 0 Å². The minimum Gasteiger partial charge on any atom is -0.0654 e. The predicted molar refractivity (Wildman–Crippen MR) is 104 cm³/mol. The molecule has 0 aliphatic carbocycles. The van der Waals surface area contributed by atoms with Gasteiger partial charge in [-0.05, 0) is 18.3 Å². The van der Waals surface area contributed by atoms with Crippen LogP contribution in [0.1, 0.15) is 130 Å². The average Bonchev–Trinajstić information content (AvgIpc) is 2.53. The second-order valence-electron chi connectivity index (χ2n) is 7.57. The van der Waals surface area contributed by atoms with Crippen LogP contribution in [-0.4, -0.2) is 0 Å². The molecule has 0 amide bonds. The zero-order valence-corrected chi connectivity index (χ0v) is 16.5. The van der Waals surface area contributed by atoms with Crippen LogP contribution in [0.5, 0.6) is 0 Å². The van der Waals surface area contributed by atoms with E-state index in [1.54, 1.807) is 0 Å². The molecule has 0 saturated heterocycles. The van der Waals surface area contributed by atoms with Crippen LogP contribution in [0.3, 0.4) is 0 Å². The standard InChI is InChI=1S/C22H46/c1-5-9-11-13-15-18-21(8-4)20-22(17-7-3)19-16-14-12-10-6-2/h21-22H,5-20H2,1-4H3. The van der Waals surface area contributed by atoms with Gasteiger partial charge in [-0.25, -0.2) is 0 Å². The van der Waals surface area contributed by atoms with Crippen LogP contribution in [0.25, 0.3) is 0 Å². The lowest BCUT2D eigenvalue weighted by Gasteiger charge is -2.22. The largest absolute Gasteiger partial charge is 0.0654 e. The van der Waals surface area contributed by atoms with Crippen molar-refractivity contribution in [2.75, 3.05) is 0 Å². The van der Waals surface area contributed by atoms with Gasteiger partial charge in [0.25, 0.3) is 0 Å². The minimum atomic E-state index is 1.01. The highest BCUT2D eigenvalue weighted by Gasteiger charge is 2.14. The van der Waals surface area contributed by atoms with Crippen LogP contribution in [-0.2, 0) is 0 Å². The van der Waals surface area contributed by atoms with Crippen molar-refractivity contribution >= 4 is 0 Å². The summed E-state index contributed by atoms with van der Waals surface area (Å²) in [6, 6.07) is 0.